The molecule has 1 nitrogen and oxygen atoms in total. The van der Waals surface area contributed by atoms with Gasteiger partial charge in [-0.15, -0.1) is 0 Å². The van der Waals surface area contributed by atoms with Crippen molar-refractivity contribution in [1.82, 2.24) is 0 Å². The lowest BCUT2D eigenvalue weighted by Gasteiger charge is -2.33. The van der Waals surface area contributed by atoms with Gasteiger partial charge in [0.25, 0.3) is 0 Å². The van der Waals surface area contributed by atoms with Gasteiger partial charge in [0.2, 0.25) is 0 Å². The van der Waals surface area contributed by atoms with Crippen molar-refractivity contribution in [2.45, 2.75) is 44.9 Å². The van der Waals surface area contributed by atoms with Crippen LogP contribution in [0.2, 0.25) is 0 Å². The van der Waals surface area contributed by atoms with Gasteiger partial charge in [-0.1, -0.05) is 172 Å². The highest BCUT2D eigenvalue weighted by Gasteiger charge is 2.51. The van der Waals surface area contributed by atoms with Crippen molar-refractivity contribution in [3.8, 4) is 33.4 Å². The molecular weight excluding hydrogens is 651 g/mol. The standard InChI is InChI=1S/C53H43N/c1-5-6-20-39-35(2)52(3,4)49-33-37(29-31-44(39)49)54(51-28-17-13-21-40(51)36-18-8-7-9-19-36)38-30-32-45-43-24-12-16-27-48(43)53(50(45)34-38)46-25-14-10-22-41(46)42-23-11-15-26-47(42)53/h6-34H,5H2,1-4H3/b20-6-. The maximum atomic E-state index is 2.51. The van der Waals surface area contributed by atoms with Crippen molar-refractivity contribution in [2.24, 2.45) is 0 Å². The summed E-state index contributed by atoms with van der Waals surface area (Å²) in [5.41, 5.74) is 21.5. The molecule has 0 radical (unpaired) electrons. The van der Waals surface area contributed by atoms with Gasteiger partial charge in [-0.05, 0) is 110 Å². The molecular formula is C53H43N. The third-order valence-corrected chi connectivity index (χ3v) is 12.6. The molecule has 1 spiro atoms. The molecule has 0 bridgehead atoms. The summed E-state index contributed by atoms with van der Waals surface area (Å²) in [6.07, 6.45) is 5.64. The normalized spacial score (nSPS) is 15.3. The van der Waals surface area contributed by atoms with Crippen molar-refractivity contribution in [2.75, 3.05) is 4.90 Å². The minimum Gasteiger partial charge on any atom is -0.310 e. The van der Waals surface area contributed by atoms with Crippen LogP contribution in [0.15, 0.2) is 182 Å². The number of para-hydroxylation sites is 1. The topological polar surface area (TPSA) is 3.24 Å². The number of benzene rings is 7. The predicted octanol–water partition coefficient (Wildman–Crippen LogP) is 14.2. The van der Waals surface area contributed by atoms with Crippen LogP contribution in [0, 0.1) is 0 Å². The molecule has 0 heterocycles. The highest BCUT2D eigenvalue weighted by molar-refractivity contribution is 5.97. The van der Waals surface area contributed by atoms with Crippen LogP contribution in [0.5, 0.6) is 0 Å². The second-order valence-corrected chi connectivity index (χ2v) is 15.5. The zero-order chi connectivity index (χ0) is 36.6. The second-order valence-electron chi connectivity index (χ2n) is 15.5. The number of rotatable bonds is 6. The smallest absolute Gasteiger partial charge is 0.0726 e. The Balaban J connectivity index is 1.25. The number of anilines is 3. The van der Waals surface area contributed by atoms with E-state index in [0.29, 0.717) is 0 Å². The molecule has 1 heteroatoms. The average molecular weight is 694 g/mol. The first-order valence-electron chi connectivity index (χ1n) is 19.4. The molecule has 0 saturated heterocycles. The number of nitrogens with zero attached hydrogens (tertiary/aromatic N) is 1. The Morgan fingerprint density at radius 3 is 1.56 bits per heavy atom. The van der Waals surface area contributed by atoms with E-state index in [0.717, 1.165) is 23.5 Å². The Morgan fingerprint density at radius 2 is 0.963 bits per heavy atom. The van der Waals surface area contributed by atoms with Crippen LogP contribution in [0.3, 0.4) is 0 Å². The molecule has 10 rings (SSSR count). The Kier molecular flexibility index (Phi) is 7.33. The van der Waals surface area contributed by atoms with Crippen LogP contribution in [0.25, 0.3) is 39.0 Å². The summed E-state index contributed by atoms with van der Waals surface area (Å²) in [7, 11) is 0. The van der Waals surface area contributed by atoms with Crippen molar-refractivity contribution < 1.29 is 0 Å². The van der Waals surface area contributed by atoms with Gasteiger partial charge in [-0.3, -0.25) is 0 Å². The Hall–Kier alpha value is -6.18. The fourth-order valence-corrected chi connectivity index (χ4v) is 9.79. The molecule has 0 N–H and O–H groups in total. The first-order chi connectivity index (χ1) is 26.4. The monoisotopic (exact) mass is 693 g/mol. The van der Waals surface area contributed by atoms with E-state index in [1.165, 1.54) is 77.9 Å². The number of hydrogen-bond donors (Lipinski definition) is 0. The van der Waals surface area contributed by atoms with Crippen LogP contribution in [-0.2, 0) is 10.8 Å². The second kappa shape index (κ2) is 12.2. The molecule has 0 saturated carbocycles. The van der Waals surface area contributed by atoms with Gasteiger partial charge in [0, 0.05) is 22.4 Å². The van der Waals surface area contributed by atoms with Crippen molar-refractivity contribution in [1.29, 1.82) is 0 Å². The summed E-state index contributed by atoms with van der Waals surface area (Å²) < 4.78 is 0. The van der Waals surface area contributed by atoms with Gasteiger partial charge in [0.05, 0.1) is 11.1 Å². The van der Waals surface area contributed by atoms with E-state index in [9.17, 15) is 0 Å². The predicted molar refractivity (Wildman–Crippen MR) is 228 cm³/mol. The fourth-order valence-electron chi connectivity index (χ4n) is 9.79. The van der Waals surface area contributed by atoms with Crippen molar-refractivity contribution in [3.63, 3.8) is 0 Å². The summed E-state index contributed by atoms with van der Waals surface area (Å²) in [5, 5.41) is 0. The summed E-state index contributed by atoms with van der Waals surface area (Å²) in [4.78, 5) is 2.51. The third kappa shape index (κ3) is 4.45. The van der Waals surface area contributed by atoms with Crippen LogP contribution >= 0.6 is 0 Å². The Morgan fingerprint density at radius 1 is 0.481 bits per heavy atom. The summed E-state index contributed by atoms with van der Waals surface area (Å²) >= 11 is 0. The van der Waals surface area contributed by atoms with E-state index >= 15 is 0 Å². The maximum absolute atomic E-state index is 2.51. The van der Waals surface area contributed by atoms with Gasteiger partial charge in [0.1, 0.15) is 0 Å². The van der Waals surface area contributed by atoms with E-state index in [2.05, 4.69) is 209 Å². The molecule has 0 aromatic heterocycles. The molecule has 260 valence electrons. The average Bonchev–Trinajstić information content (AvgIpc) is 3.76. The highest BCUT2D eigenvalue weighted by atomic mass is 15.1. The van der Waals surface area contributed by atoms with Crippen LogP contribution in [0.4, 0.5) is 17.1 Å². The number of hydrogen-bond acceptors (Lipinski definition) is 1. The third-order valence-electron chi connectivity index (χ3n) is 12.6. The van der Waals surface area contributed by atoms with E-state index in [1.54, 1.807) is 0 Å². The van der Waals surface area contributed by atoms with Crippen molar-refractivity contribution >= 4 is 22.6 Å². The molecule has 0 fully saturated rings. The van der Waals surface area contributed by atoms with Crippen LogP contribution < -0.4 is 4.90 Å². The summed E-state index contributed by atoms with van der Waals surface area (Å²) in [6.45, 7) is 9.28. The number of fused-ring (bicyclic) bond motifs is 11. The summed E-state index contributed by atoms with van der Waals surface area (Å²) in [6, 6.07) is 61.3. The van der Waals surface area contributed by atoms with Gasteiger partial charge in [0.15, 0.2) is 0 Å². The largest absolute Gasteiger partial charge is 0.310 e. The molecule has 0 atom stereocenters. The zero-order valence-electron chi connectivity index (χ0n) is 31.4. The number of allylic oxidation sites excluding steroid dienone is 4. The zero-order valence-corrected chi connectivity index (χ0v) is 31.4. The lowest BCUT2D eigenvalue weighted by molar-refractivity contribution is 0.639. The highest BCUT2D eigenvalue weighted by Crippen LogP contribution is 2.63. The molecule has 0 unspecified atom stereocenters. The van der Waals surface area contributed by atoms with Gasteiger partial charge in [-0.2, -0.15) is 0 Å². The van der Waals surface area contributed by atoms with Crippen LogP contribution in [-0.4, -0.2) is 0 Å². The molecule has 7 aromatic rings. The first-order valence-corrected chi connectivity index (χ1v) is 19.4. The lowest BCUT2D eigenvalue weighted by atomic mass is 9.70. The Labute approximate surface area is 319 Å². The molecule has 0 amide bonds. The molecule has 54 heavy (non-hydrogen) atoms. The van der Waals surface area contributed by atoms with Gasteiger partial charge >= 0.3 is 0 Å². The quantitative estimate of drug-likeness (QED) is 0.168. The van der Waals surface area contributed by atoms with E-state index in [4.69, 9.17) is 0 Å². The maximum Gasteiger partial charge on any atom is 0.0726 e. The van der Waals surface area contributed by atoms with Crippen molar-refractivity contribution in [3.05, 3.63) is 215 Å². The first kappa shape index (κ1) is 32.5. The fraction of sp³-hybridized carbons (Fsp3) is 0.132. The van der Waals surface area contributed by atoms with Crippen LogP contribution in [0.1, 0.15) is 67.5 Å². The minimum absolute atomic E-state index is 0.0930. The van der Waals surface area contributed by atoms with E-state index < -0.39 is 5.41 Å². The molecule has 0 aliphatic heterocycles. The van der Waals surface area contributed by atoms with E-state index in [1.807, 2.05) is 0 Å². The SMILES string of the molecule is CC/C=C\C1=C(C)C(C)(C)c2cc(N(c3ccc4c(c3)C3(c5ccccc5-c5ccccc53)c3ccccc3-4)c3ccccc3-c3ccccc3)ccc21. The van der Waals surface area contributed by atoms with E-state index in [-0.39, 0.29) is 5.41 Å². The van der Waals surface area contributed by atoms with Gasteiger partial charge in [-0.25, -0.2) is 0 Å². The summed E-state index contributed by atoms with van der Waals surface area (Å²) in [5.74, 6) is 0. The lowest BCUT2D eigenvalue weighted by Crippen LogP contribution is -2.26. The Bertz CT molecular complexity index is 2620. The molecule has 3 aliphatic carbocycles. The minimum atomic E-state index is -0.415. The molecule has 7 aromatic carbocycles. The van der Waals surface area contributed by atoms with Gasteiger partial charge < -0.3 is 4.90 Å². The molecule has 3 aliphatic rings.